The van der Waals surface area contributed by atoms with E-state index in [1.807, 2.05) is 0 Å². The molecule has 7 heteroatoms. The molecule has 2 heterocycles. The lowest BCUT2D eigenvalue weighted by Crippen LogP contribution is -2.07. The minimum absolute atomic E-state index is 0.108. The first-order valence-electron chi connectivity index (χ1n) is 4.27. The maximum Gasteiger partial charge on any atom is 0.180 e. The highest BCUT2D eigenvalue weighted by molar-refractivity contribution is 5.93. The highest BCUT2D eigenvalue weighted by Gasteiger charge is 2.09. The first-order valence-corrected chi connectivity index (χ1v) is 4.27. The van der Waals surface area contributed by atoms with Gasteiger partial charge in [0.1, 0.15) is 12.0 Å². The Bertz CT molecular complexity index is 492. The molecular weight excluding hydrogens is 196 g/mol. The molecule has 0 atom stereocenters. The van der Waals surface area contributed by atoms with Gasteiger partial charge < -0.3 is 0 Å². The number of rotatable bonds is 2. The monoisotopic (exact) mass is 204 g/mol. The summed E-state index contributed by atoms with van der Waals surface area (Å²) in [4.78, 5) is 11.1. The quantitative estimate of drug-likeness (QED) is 0.638. The number of aryl methyl sites for hydroxylation is 1. The molecule has 0 aliphatic carbocycles. The second-order valence-corrected chi connectivity index (χ2v) is 3.04. The van der Waals surface area contributed by atoms with Crippen LogP contribution >= 0.6 is 0 Å². The van der Waals surface area contributed by atoms with E-state index in [0.717, 1.165) is 5.56 Å². The van der Waals surface area contributed by atoms with E-state index in [1.165, 1.54) is 17.9 Å². The first-order chi connectivity index (χ1) is 7.18. The van der Waals surface area contributed by atoms with E-state index in [2.05, 4.69) is 25.7 Å². The third kappa shape index (κ3) is 1.71. The van der Waals surface area contributed by atoms with Crippen LogP contribution in [0.2, 0.25) is 0 Å². The molecule has 0 spiro atoms. The predicted octanol–water partition coefficient (Wildman–Crippen LogP) is -0.0367. The molecule has 0 aromatic carbocycles. The van der Waals surface area contributed by atoms with Crippen molar-refractivity contribution < 1.29 is 4.79 Å². The fourth-order valence-corrected chi connectivity index (χ4v) is 1.20. The molecule has 0 radical (unpaired) electrons. The number of aromatic nitrogens is 6. The smallest absolute Gasteiger partial charge is 0.180 e. The molecule has 15 heavy (non-hydrogen) atoms. The third-order valence-corrected chi connectivity index (χ3v) is 1.89. The second kappa shape index (κ2) is 3.52. The number of hydrogen-bond donors (Lipinski definition) is 0. The summed E-state index contributed by atoms with van der Waals surface area (Å²) in [5, 5.41) is 18.3. The van der Waals surface area contributed by atoms with E-state index in [4.69, 9.17) is 0 Å². The Balaban J connectivity index is 2.47. The Morgan fingerprint density at radius 3 is 2.73 bits per heavy atom. The van der Waals surface area contributed by atoms with Gasteiger partial charge in [0.25, 0.3) is 0 Å². The maximum absolute atomic E-state index is 11.1. The van der Waals surface area contributed by atoms with Gasteiger partial charge in [-0.2, -0.15) is 4.68 Å². The van der Waals surface area contributed by atoms with Crippen LogP contribution in [0.5, 0.6) is 0 Å². The zero-order chi connectivity index (χ0) is 10.8. The Morgan fingerprint density at radius 2 is 2.20 bits per heavy atom. The van der Waals surface area contributed by atoms with Gasteiger partial charge in [0.05, 0.1) is 0 Å². The summed E-state index contributed by atoms with van der Waals surface area (Å²) in [5.74, 6) is 0.380. The van der Waals surface area contributed by atoms with Crippen LogP contribution in [0, 0.1) is 6.92 Å². The van der Waals surface area contributed by atoms with Crippen LogP contribution in [-0.2, 0) is 0 Å². The summed E-state index contributed by atoms with van der Waals surface area (Å²) < 4.78 is 1.38. The molecular formula is C8H8N6O. The lowest BCUT2D eigenvalue weighted by atomic mass is 10.2. The van der Waals surface area contributed by atoms with E-state index < -0.39 is 0 Å². The van der Waals surface area contributed by atoms with Crippen molar-refractivity contribution in [1.29, 1.82) is 0 Å². The summed E-state index contributed by atoms with van der Waals surface area (Å²) in [5.41, 5.74) is 1.12. The zero-order valence-corrected chi connectivity index (χ0v) is 8.25. The standard InChI is InChI=1S/C8H8N6O/c1-5-3-7(14-4-9-12-13-14)10-11-8(5)6(2)15/h3-4H,1-2H3. The fraction of sp³-hybridized carbons (Fsp3) is 0.250. The minimum Gasteiger partial charge on any atom is -0.293 e. The van der Waals surface area contributed by atoms with Crippen molar-refractivity contribution in [3.05, 3.63) is 23.7 Å². The summed E-state index contributed by atoms with van der Waals surface area (Å²) in [7, 11) is 0. The second-order valence-electron chi connectivity index (χ2n) is 3.04. The average Bonchev–Trinajstić information content (AvgIpc) is 2.69. The molecule has 0 aliphatic heterocycles. The number of tetrazole rings is 1. The molecule has 2 rings (SSSR count). The maximum atomic E-state index is 11.1. The molecule has 0 bridgehead atoms. The van der Waals surface area contributed by atoms with Crippen molar-refractivity contribution in [2.24, 2.45) is 0 Å². The Labute approximate surface area is 85.1 Å². The average molecular weight is 204 g/mol. The normalized spacial score (nSPS) is 10.3. The van der Waals surface area contributed by atoms with Crippen molar-refractivity contribution in [3.8, 4) is 5.82 Å². The largest absolute Gasteiger partial charge is 0.293 e. The molecule has 2 aromatic rings. The zero-order valence-electron chi connectivity index (χ0n) is 8.25. The molecule has 7 nitrogen and oxygen atoms in total. The third-order valence-electron chi connectivity index (χ3n) is 1.89. The van der Waals surface area contributed by atoms with E-state index in [0.29, 0.717) is 11.5 Å². The summed E-state index contributed by atoms with van der Waals surface area (Å²) in [6.07, 6.45) is 1.41. The van der Waals surface area contributed by atoms with Crippen LogP contribution in [0.3, 0.4) is 0 Å². The van der Waals surface area contributed by atoms with Gasteiger partial charge in [-0.3, -0.25) is 4.79 Å². The summed E-state index contributed by atoms with van der Waals surface area (Å²) in [6.45, 7) is 3.24. The summed E-state index contributed by atoms with van der Waals surface area (Å²) in [6, 6.07) is 1.71. The molecule has 0 amide bonds. The topological polar surface area (TPSA) is 86.5 Å². The van der Waals surface area contributed by atoms with Crippen molar-refractivity contribution in [1.82, 2.24) is 30.4 Å². The number of Topliss-reactive ketones (excluding diaryl/α,β-unsaturated/α-hetero) is 1. The van der Waals surface area contributed by atoms with Crippen LogP contribution in [0.25, 0.3) is 5.82 Å². The van der Waals surface area contributed by atoms with Crippen molar-refractivity contribution >= 4 is 5.78 Å². The lowest BCUT2D eigenvalue weighted by Gasteiger charge is -2.01. The molecule has 0 saturated heterocycles. The Kier molecular flexibility index (Phi) is 2.20. The van der Waals surface area contributed by atoms with Crippen molar-refractivity contribution in [3.63, 3.8) is 0 Å². The van der Waals surface area contributed by atoms with Gasteiger partial charge in [0, 0.05) is 6.92 Å². The van der Waals surface area contributed by atoms with E-state index in [-0.39, 0.29) is 5.78 Å². The number of hydrogen-bond acceptors (Lipinski definition) is 6. The van der Waals surface area contributed by atoms with Crippen LogP contribution in [0.1, 0.15) is 23.0 Å². The van der Waals surface area contributed by atoms with Crippen LogP contribution in [0.15, 0.2) is 12.4 Å². The van der Waals surface area contributed by atoms with Gasteiger partial charge in [-0.05, 0) is 29.0 Å². The molecule has 0 fully saturated rings. The van der Waals surface area contributed by atoms with Crippen LogP contribution < -0.4 is 0 Å². The van der Waals surface area contributed by atoms with Gasteiger partial charge in [0.15, 0.2) is 11.6 Å². The van der Waals surface area contributed by atoms with Gasteiger partial charge in [-0.1, -0.05) is 0 Å². The van der Waals surface area contributed by atoms with Gasteiger partial charge in [-0.25, -0.2) is 0 Å². The van der Waals surface area contributed by atoms with Crippen molar-refractivity contribution in [2.75, 3.05) is 0 Å². The van der Waals surface area contributed by atoms with Gasteiger partial charge >= 0.3 is 0 Å². The number of carbonyl (C=O) groups excluding carboxylic acids is 1. The van der Waals surface area contributed by atoms with Gasteiger partial charge in [0.2, 0.25) is 0 Å². The van der Waals surface area contributed by atoms with Crippen LogP contribution in [-0.4, -0.2) is 36.2 Å². The number of ketones is 1. The van der Waals surface area contributed by atoms with E-state index in [1.54, 1.807) is 13.0 Å². The minimum atomic E-state index is -0.108. The Hall–Kier alpha value is -2.18. The molecule has 0 unspecified atom stereocenters. The van der Waals surface area contributed by atoms with E-state index >= 15 is 0 Å². The molecule has 0 N–H and O–H groups in total. The summed E-state index contributed by atoms with van der Waals surface area (Å²) >= 11 is 0. The lowest BCUT2D eigenvalue weighted by molar-refractivity contribution is 0.101. The predicted molar refractivity (Wildman–Crippen MR) is 49.5 cm³/mol. The number of carbonyl (C=O) groups is 1. The number of nitrogens with zero attached hydrogens (tertiary/aromatic N) is 6. The highest BCUT2D eigenvalue weighted by Crippen LogP contribution is 2.07. The SMILES string of the molecule is CC(=O)c1nnc(-n2cnnn2)cc1C. The van der Waals surface area contributed by atoms with Crippen molar-refractivity contribution in [2.45, 2.75) is 13.8 Å². The highest BCUT2D eigenvalue weighted by atomic mass is 16.1. The molecule has 76 valence electrons. The molecule has 2 aromatic heterocycles. The molecule has 0 saturated carbocycles. The van der Waals surface area contributed by atoms with Gasteiger partial charge in [-0.15, -0.1) is 15.3 Å². The Morgan fingerprint density at radius 1 is 1.40 bits per heavy atom. The first kappa shape index (κ1) is 9.38. The fourth-order valence-electron chi connectivity index (χ4n) is 1.20. The van der Waals surface area contributed by atoms with E-state index in [9.17, 15) is 4.79 Å². The van der Waals surface area contributed by atoms with Crippen LogP contribution in [0.4, 0.5) is 0 Å². The molecule has 0 aliphatic rings.